The number of anilines is 1. The molecule has 0 bridgehead atoms. The fourth-order valence-corrected chi connectivity index (χ4v) is 1.91. The summed E-state index contributed by atoms with van der Waals surface area (Å²) in [6.07, 6.45) is 0.154. The van der Waals surface area contributed by atoms with E-state index in [2.05, 4.69) is 21.2 Å². The summed E-state index contributed by atoms with van der Waals surface area (Å²) >= 11 is 3.19. The molecule has 0 amide bonds. The Morgan fingerprint density at radius 3 is 2.84 bits per heavy atom. The predicted octanol–water partition coefficient (Wildman–Crippen LogP) is 3.11. The molecule has 0 aliphatic heterocycles. The summed E-state index contributed by atoms with van der Waals surface area (Å²) in [6, 6.07) is 4.47. The minimum Gasteiger partial charge on any atom is -0.466 e. The van der Waals surface area contributed by atoms with Crippen molar-refractivity contribution in [3.8, 4) is 0 Å². The number of hydrogen-bond donors (Lipinski definition) is 1. The molecule has 1 unspecified atom stereocenters. The van der Waals surface area contributed by atoms with E-state index in [0.717, 1.165) is 0 Å². The summed E-state index contributed by atoms with van der Waals surface area (Å²) in [6.45, 7) is 3.82. The normalized spacial score (nSPS) is 11.7. The van der Waals surface area contributed by atoms with Crippen molar-refractivity contribution in [3.63, 3.8) is 0 Å². The van der Waals surface area contributed by atoms with E-state index in [0.29, 0.717) is 16.8 Å². The molecule has 0 saturated carbocycles. The molecule has 104 valence electrons. The van der Waals surface area contributed by atoms with Crippen LogP contribution in [0.4, 0.5) is 11.4 Å². The number of nitro groups is 1. The van der Waals surface area contributed by atoms with Crippen LogP contribution < -0.4 is 5.32 Å². The zero-order valence-corrected chi connectivity index (χ0v) is 12.3. The highest BCUT2D eigenvalue weighted by atomic mass is 79.9. The van der Waals surface area contributed by atoms with Gasteiger partial charge in [-0.25, -0.2) is 0 Å². The maximum atomic E-state index is 11.3. The van der Waals surface area contributed by atoms with Gasteiger partial charge in [-0.2, -0.15) is 0 Å². The first kappa shape index (κ1) is 15.4. The molecule has 1 atom stereocenters. The molecule has 1 N–H and O–H groups in total. The number of esters is 1. The molecule has 0 aliphatic rings. The van der Waals surface area contributed by atoms with Gasteiger partial charge in [0.15, 0.2) is 0 Å². The number of nitrogens with zero attached hydrogens (tertiary/aromatic N) is 1. The number of rotatable bonds is 6. The van der Waals surface area contributed by atoms with Crippen LogP contribution >= 0.6 is 15.9 Å². The van der Waals surface area contributed by atoms with Gasteiger partial charge in [-0.15, -0.1) is 0 Å². The molecular weight excluding hydrogens is 316 g/mol. The van der Waals surface area contributed by atoms with Crippen molar-refractivity contribution < 1.29 is 14.5 Å². The number of carbonyl (C=O) groups is 1. The lowest BCUT2D eigenvalue weighted by Crippen LogP contribution is -2.21. The number of hydrogen-bond acceptors (Lipinski definition) is 5. The highest BCUT2D eigenvalue weighted by Crippen LogP contribution is 2.28. The fourth-order valence-electron chi connectivity index (χ4n) is 1.56. The molecule has 0 fully saturated rings. The van der Waals surface area contributed by atoms with Gasteiger partial charge in [-0.3, -0.25) is 14.9 Å². The van der Waals surface area contributed by atoms with E-state index in [1.54, 1.807) is 26.0 Å². The van der Waals surface area contributed by atoms with Gasteiger partial charge >= 0.3 is 5.97 Å². The number of nitrogens with one attached hydrogen (secondary N) is 1. The second-order valence-corrected chi connectivity index (χ2v) is 4.89. The second-order valence-electron chi connectivity index (χ2n) is 3.97. The van der Waals surface area contributed by atoms with Gasteiger partial charge in [0, 0.05) is 16.6 Å². The van der Waals surface area contributed by atoms with Crippen molar-refractivity contribution in [2.75, 3.05) is 11.9 Å². The van der Waals surface area contributed by atoms with Gasteiger partial charge in [-0.05, 0) is 26.0 Å². The van der Waals surface area contributed by atoms with Gasteiger partial charge in [0.2, 0.25) is 0 Å². The Morgan fingerprint density at radius 2 is 2.26 bits per heavy atom. The Balaban J connectivity index is 2.76. The summed E-state index contributed by atoms with van der Waals surface area (Å²) in [5.74, 6) is -0.331. The van der Waals surface area contributed by atoms with E-state index in [1.807, 2.05) is 0 Å². The molecule has 0 aliphatic carbocycles. The Kier molecular flexibility index (Phi) is 5.75. The third kappa shape index (κ3) is 4.86. The predicted molar refractivity (Wildman–Crippen MR) is 75.1 cm³/mol. The Labute approximate surface area is 119 Å². The van der Waals surface area contributed by atoms with E-state index in [9.17, 15) is 14.9 Å². The third-order valence-electron chi connectivity index (χ3n) is 2.34. The molecule has 7 heteroatoms. The lowest BCUT2D eigenvalue weighted by molar-refractivity contribution is -0.384. The van der Waals surface area contributed by atoms with E-state index in [-0.39, 0.29) is 24.1 Å². The fraction of sp³-hybridized carbons (Fsp3) is 0.417. The van der Waals surface area contributed by atoms with Crippen molar-refractivity contribution in [1.82, 2.24) is 0 Å². The SMILES string of the molecule is CCOC(=O)CC(C)Nc1ccc(Br)cc1[N+](=O)[O-]. The maximum absolute atomic E-state index is 11.3. The lowest BCUT2D eigenvalue weighted by atomic mass is 10.2. The van der Waals surface area contributed by atoms with Crippen LogP contribution in [0.5, 0.6) is 0 Å². The van der Waals surface area contributed by atoms with Crippen LogP contribution in [0.1, 0.15) is 20.3 Å². The second kappa shape index (κ2) is 7.08. The summed E-state index contributed by atoms with van der Waals surface area (Å²) < 4.78 is 5.45. The lowest BCUT2D eigenvalue weighted by Gasteiger charge is -2.14. The molecule has 6 nitrogen and oxygen atoms in total. The van der Waals surface area contributed by atoms with Crippen molar-refractivity contribution in [1.29, 1.82) is 0 Å². The molecule has 0 heterocycles. The highest BCUT2D eigenvalue weighted by molar-refractivity contribution is 9.10. The van der Waals surface area contributed by atoms with Crippen LogP contribution in [0.2, 0.25) is 0 Å². The van der Waals surface area contributed by atoms with Crippen LogP contribution in [-0.2, 0) is 9.53 Å². The smallest absolute Gasteiger partial charge is 0.307 e. The van der Waals surface area contributed by atoms with E-state index >= 15 is 0 Å². The summed E-state index contributed by atoms with van der Waals surface area (Å²) in [4.78, 5) is 21.8. The van der Waals surface area contributed by atoms with Crippen molar-refractivity contribution in [2.24, 2.45) is 0 Å². The summed E-state index contributed by atoms with van der Waals surface area (Å²) in [5, 5.41) is 13.9. The van der Waals surface area contributed by atoms with E-state index in [1.165, 1.54) is 6.07 Å². The minimum atomic E-state index is -0.468. The first-order chi connectivity index (χ1) is 8.93. The zero-order chi connectivity index (χ0) is 14.4. The summed E-state index contributed by atoms with van der Waals surface area (Å²) in [7, 11) is 0. The molecule has 1 aromatic carbocycles. The number of carbonyl (C=O) groups excluding carboxylic acids is 1. The standard InChI is InChI=1S/C12H15BrN2O4/c1-3-19-12(16)6-8(2)14-10-5-4-9(13)7-11(10)15(17)18/h4-5,7-8,14H,3,6H2,1-2H3. The highest BCUT2D eigenvalue weighted by Gasteiger charge is 2.17. The van der Waals surface area contributed by atoms with Crippen LogP contribution in [0, 0.1) is 10.1 Å². The van der Waals surface area contributed by atoms with Gasteiger partial charge in [0.25, 0.3) is 5.69 Å². The first-order valence-corrected chi connectivity index (χ1v) is 6.59. The van der Waals surface area contributed by atoms with E-state index < -0.39 is 4.92 Å². The average Bonchev–Trinajstić information content (AvgIpc) is 2.31. The molecule has 19 heavy (non-hydrogen) atoms. The number of ether oxygens (including phenoxy) is 1. The third-order valence-corrected chi connectivity index (χ3v) is 2.83. The molecule has 0 saturated heterocycles. The van der Waals surface area contributed by atoms with Crippen molar-refractivity contribution in [2.45, 2.75) is 26.3 Å². The van der Waals surface area contributed by atoms with Crippen LogP contribution in [-0.4, -0.2) is 23.5 Å². The topological polar surface area (TPSA) is 81.5 Å². The van der Waals surface area contributed by atoms with Gasteiger partial charge in [0.05, 0.1) is 18.0 Å². The minimum absolute atomic E-state index is 0.0370. The van der Waals surface area contributed by atoms with Crippen LogP contribution in [0.3, 0.4) is 0 Å². The summed E-state index contributed by atoms with van der Waals surface area (Å²) in [5.41, 5.74) is 0.343. The van der Waals surface area contributed by atoms with Crippen LogP contribution in [0.15, 0.2) is 22.7 Å². The monoisotopic (exact) mass is 330 g/mol. The molecule has 1 aromatic rings. The Morgan fingerprint density at radius 1 is 1.58 bits per heavy atom. The van der Waals surface area contributed by atoms with Gasteiger partial charge in [0.1, 0.15) is 5.69 Å². The van der Waals surface area contributed by atoms with Crippen molar-refractivity contribution >= 4 is 33.3 Å². The van der Waals surface area contributed by atoms with Crippen LogP contribution in [0.25, 0.3) is 0 Å². The zero-order valence-electron chi connectivity index (χ0n) is 10.7. The van der Waals surface area contributed by atoms with Crippen molar-refractivity contribution in [3.05, 3.63) is 32.8 Å². The number of halogens is 1. The molecule has 1 rings (SSSR count). The van der Waals surface area contributed by atoms with E-state index in [4.69, 9.17) is 4.74 Å². The Bertz CT molecular complexity index is 479. The number of benzene rings is 1. The number of nitro benzene ring substituents is 1. The first-order valence-electron chi connectivity index (χ1n) is 5.80. The quantitative estimate of drug-likeness (QED) is 0.492. The Hall–Kier alpha value is -1.63. The molecule has 0 radical (unpaired) electrons. The maximum Gasteiger partial charge on any atom is 0.307 e. The largest absolute Gasteiger partial charge is 0.466 e. The van der Waals surface area contributed by atoms with Gasteiger partial charge in [-0.1, -0.05) is 15.9 Å². The average molecular weight is 331 g/mol. The molecule has 0 spiro atoms. The molecule has 0 aromatic heterocycles. The molecular formula is C12H15BrN2O4. The van der Waals surface area contributed by atoms with Gasteiger partial charge < -0.3 is 10.1 Å².